The van der Waals surface area contributed by atoms with Gasteiger partial charge in [-0.2, -0.15) is 27.4 Å². The number of thiazole rings is 2. The van der Waals surface area contributed by atoms with Crippen LogP contribution in [0.15, 0.2) is 265 Å². The Bertz CT molecular complexity index is 5430. The molecule has 0 fully saturated rings. The summed E-state index contributed by atoms with van der Waals surface area (Å²) in [6.45, 7) is -0.715. The SMILES string of the molecule is COc1ccc2sc(/C(C#N)=c3/c4c(-c5ccc(OCCCc6ccc(S(=O)(=O)O)cc6)cc5)n(B(c5ccccc5)c5ccccc5)/c(=C(/C#N)c5nc6cc(OC)ccc6s5)c4c(-c4ccc(OCCCc5ccc(S(=O)(=O)O)cc5)cc4)n3B(c3ccccc3)c3ccccc3)nc2c1. The quantitative estimate of drug-likeness (QED) is 0.0326. The van der Waals surface area contributed by atoms with Crippen LogP contribution in [-0.4, -0.2) is 86.0 Å². The maximum Gasteiger partial charge on any atom is 0.328 e. The van der Waals surface area contributed by atoms with Gasteiger partial charge in [-0.05, 0) is 145 Å². The van der Waals surface area contributed by atoms with Crippen molar-refractivity contribution in [3.8, 4) is 57.7 Å². The zero-order valence-electron chi connectivity index (χ0n) is 55.1. The number of hydrogen-bond acceptors (Lipinski definition) is 14. The lowest BCUT2D eigenvalue weighted by Crippen LogP contribution is -2.54. The van der Waals surface area contributed by atoms with Gasteiger partial charge in [-0.1, -0.05) is 167 Å². The lowest BCUT2D eigenvalue weighted by molar-refractivity contribution is 0.311. The van der Waals surface area contributed by atoms with Crippen LogP contribution in [0.4, 0.5) is 0 Å². The van der Waals surface area contributed by atoms with E-state index in [1.54, 1.807) is 38.5 Å². The number of rotatable bonds is 24. The molecule has 0 saturated heterocycles. The molecule has 4 heterocycles. The second kappa shape index (κ2) is 29.5. The summed E-state index contributed by atoms with van der Waals surface area (Å²) in [5.74, 6) is 2.35. The smallest absolute Gasteiger partial charge is 0.328 e. The zero-order valence-corrected chi connectivity index (χ0v) is 58.4. The van der Waals surface area contributed by atoms with E-state index >= 15 is 0 Å². The minimum Gasteiger partial charge on any atom is -0.497 e. The van der Waals surface area contributed by atoms with E-state index in [0.29, 0.717) is 127 Å². The Labute approximate surface area is 598 Å². The molecule has 502 valence electrons. The fourth-order valence-corrected chi connectivity index (χ4v) is 16.0. The fraction of sp³-hybridized carbons (Fsp3) is 0.100. The number of aromatic nitrogens is 4. The van der Waals surface area contributed by atoms with Gasteiger partial charge in [0.15, 0.2) is 0 Å². The molecule has 0 bridgehead atoms. The summed E-state index contributed by atoms with van der Waals surface area (Å²) >= 11 is 2.79. The summed E-state index contributed by atoms with van der Waals surface area (Å²) in [6.07, 6.45) is 2.32. The molecule has 0 aliphatic heterocycles. The Morgan fingerprint density at radius 3 is 1.07 bits per heavy atom. The lowest BCUT2D eigenvalue weighted by Gasteiger charge is -2.24. The Morgan fingerprint density at radius 2 is 0.765 bits per heavy atom. The zero-order chi connectivity index (χ0) is 70.5. The lowest BCUT2D eigenvalue weighted by atomic mass is 9.50. The van der Waals surface area contributed by atoms with Crippen LogP contribution in [0.5, 0.6) is 23.0 Å². The van der Waals surface area contributed by atoms with Crippen molar-refractivity contribution in [2.45, 2.75) is 35.5 Å². The van der Waals surface area contributed by atoms with E-state index in [9.17, 15) is 36.5 Å². The molecular weight excluding hydrogens is 1350 g/mol. The molecule has 0 aliphatic carbocycles. The van der Waals surface area contributed by atoms with E-state index in [-0.39, 0.29) is 20.9 Å². The molecule has 22 heteroatoms. The molecule has 0 atom stereocenters. The predicted octanol–water partition coefficient (Wildman–Crippen LogP) is 12.3. The summed E-state index contributed by atoms with van der Waals surface area (Å²) < 4.78 is 97.3. The van der Waals surface area contributed by atoms with Gasteiger partial charge < -0.3 is 27.9 Å². The van der Waals surface area contributed by atoms with Crippen molar-refractivity contribution in [2.24, 2.45) is 0 Å². The molecule has 102 heavy (non-hydrogen) atoms. The maximum atomic E-state index is 12.6. The first kappa shape index (κ1) is 67.8. The molecule has 0 radical (unpaired) electrons. The highest BCUT2D eigenvalue weighted by Gasteiger charge is 2.38. The van der Waals surface area contributed by atoms with E-state index in [1.807, 2.05) is 158 Å². The summed E-state index contributed by atoms with van der Waals surface area (Å²) in [6, 6.07) is 85.8. The van der Waals surface area contributed by atoms with Crippen molar-refractivity contribution in [3.05, 3.63) is 287 Å². The van der Waals surface area contributed by atoms with Crippen molar-refractivity contribution in [2.75, 3.05) is 27.4 Å². The molecule has 2 N–H and O–H groups in total. The van der Waals surface area contributed by atoms with Gasteiger partial charge in [-0.3, -0.25) is 9.11 Å². The topological polar surface area (TPSA) is 229 Å². The largest absolute Gasteiger partial charge is 0.497 e. The molecular formula is C80H62B2N6O10S4. The molecule has 4 aromatic heterocycles. The van der Waals surface area contributed by atoms with Gasteiger partial charge >= 0.3 is 13.7 Å². The number of nitriles is 2. The van der Waals surface area contributed by atoms with Gasteiger partial charge in [0.25, 0.3) is 20.2 Å². The number of hydrogen-bond donors (Lipinski definition) is 2. The molecule has 0 unspecified atom stereocenters. The van der Waals surface area contributed by atoms with Crippen LogP contribution in [0, 0.1) is 22.7 Å². The first-order valence-corrected chi connectivity index (χ1v) is 37.2. The summed E-state index contributed by atoms with van der Waals surface area (Å²) in [5, 5.41) is 28.3. The highest BCUT2D eigenvalue weighted by atomic mass is 32.2. The molecule has 14 rings (SSSR count). The minimum atomic E-state index is -4.35. The van der Waals surface area contributed by atoms with Crippen molar-refractivity contribution in [1.29, 1.82) is 10.5 Å². The molecule has 16 nitrogen and oxygen atoms in total. The molecule has 14 aromatic rings. The number of ether oxygens (including phenoxy) is 4. The van der Waals surface area contributed by atoms with E-state index < -0.39 is 33.9 Å². The number of benzene rings is 10. The highest BCUT2D eigenvalue weighted by Crippen LogP contribution is 2.40. The van der Waals surface area contributed by atoms with E-state index in [0.717, 1.165) is 42.4 Å². The summed E-state index contributed by atoms with van der Waals surface area (Å²) in [5.41, 5.74) is 9.86. The van der Waals surface area contributed by atoms with Crippen LogP contribution in [0.2, 0.25) is 0 Å². The standard InChI is InChI=1S/C80H62B2N6O10S4/c1-95-63-39-45-71-69(49-63)85-79(99-71)67(51-83)77-73-74(76(87(77)81(57-19-7-3-8-20-57)58-21-9-4-10-22-58)56-33-37-62(38-34-56)98-48-16-18-54-29-43-66(44-30-54)102(92,93)94)78(68(52-84)80-86-70-50-64(96-2)40-46-72(70)100-80)88(82(59-23-11-5-12-24-59)60-25-13-6-14-26-60)75(73)55-31-35-61(36-32-55)97-47-15-17-53-27-41-65(42-28-53)101(89,90)91/h3-14,19-46,49-50H,15-18,47-48H2,1-2H3,(H,89,90,91)(H,92,93,94)/b77-67-,78-68-. The Morgan fingerprint density at radius 1 is 0.441 bits per heavy atom. The van der Waals surface area contributed by atoms with Crippen LogP contribution < -0.4 is 51.5 Å². The van der Waals surface area contributed by atoms with Crippen molar-refractivity contribution < 1.29 is 44.9 Å². The second-order valence-corrected chi connectivity index (χ2v) is 29.1. The summed E-state index contributed by atoms with van der Waals surface area (Å²) in [4.78, 5) is 10.3. The summed E-state index contributed by atoms with van der Waals surface area (Å²) in [7, 11) is -5.49. The van der Waals surface area contributed by atoms with E-state index in [1.165, 1.54) is 46.9 Å². The monoisotopic (exact) mass is 1420 g/mol. The third kappa shape index (κ3) is 14.0. The third-order valence-electron chi connectivity index (χ3n) is 17.9. The number of aryl methyl sites for hydroxylation is 2. The number of nitrogens with zero attached hydrogens (tertiary/aromatic N) is 6. The normalized spacial score (nSPS) is 12.2. The first-order valence-electron chi connectivity index (χ1n) is 32.7. The van der Waals surface area contributed by atoms with Gasteiger partial charge in [-0.15, -0.1) is 22.7 Å². The molecule has 0 spiro atoms. The van der Waals surface area contributed by atoms with Crippen molar-refractivity contribution in [1.82, 2.24) is 18.9 Å². The van der Waals surface area contributed by atoms with Gasteiger partial charge in [0.1, 0.15) is 56.3 Å². The molecule has 0 saturated carbocycles. The Hall–Kier alpha value is -11.3. The Kier molecular flexibility index (Phi) is 19.6. The van der Waals surface area contributed by atoms with Gasteiger partial charge in [-0.25, -0.2) is 9.97 Å². The van der Waals surface area contributed by atoms with E-state index in [4.69, 9.17) is 28.9 Å². The third-order valence-corrected chi connectivity index (χ3v) is 21.8. The van der Waals surface area contributed by atoms with Crippen molar-refractivity contribution in [3.63, 3.8) is 0 Å². The molecule has 0 aliphatic rings. The molecule has 0 amide bonds. The first-order chi connectivity index (χ1) is 49.7. The average molecular weight is 1420 g/mol. The molecule has 10 aromatic carbocycles. The van der Waals surface area contributed by atoms with E-state index in [2.05, 4.69) is 69.6 Å². The van der Waals surface area contributed by atoms with Crippen LogP contribution in [-0.2, 0) is 33.1 Å². The van der Waals surface area contributed by atoms with Crippen LogP contribution >= 0.6 is 22.7 Å². The Balaban J connectivity index is 1.11. The number of fused-ring (bicyclic) bond motifs is 3. The second-order valence-electron chi connectivity index (χ2n) is 24.2. The van der Waals surface area contributed by atoms with Crippen molar-refractivity contribution >= 4 is 121 Å². The van der Waals surface area contributed by atoms with Gasteiger partial charge in [0.05, 0.1) is 68.4 Å². The predicted molar refractivity (Wildman–Crippen MR) is 405 cm³/mol. The van der Waals surface area contributed by atoms with Crippen LogP contribution in [0.1, 0.15) is 34.0 Å². The minimum absolute atomic E-state index is 0.179. The van der Waals surface area contributed by atoms with Crippen LogP contribution in [0.3, 0.4) is 0 Å². The van der Waals surface area contributed by atoms with Gasteiger partial charge in [0.2, 0.25) is 0 Å². The highest BCUT2D eigenvalue weighted by molar-refractivity contribution is 7.86. The van der Waals surface area contributed by atoms with Crippen LogP contribution in [0.25, 0.3) is 64.9 Å². The van der Waals surface area contributed by atoms with Gasteiger partial charge in [0, 0.05) is 34.3 Å². The maximum absolute atomic E-state index is 12.6. The average Bonchev–Trinajstić information content (AvgIpc) is 1.52. The number of methoxy groups -OCH3 is 2. The fourth-order valence-electron chi connectivity index (χ4n) is 13.2.